The number of hydrogen-bond donors (Lipinski definition) is 1. The number of nitrogens with zero attached hydrogens (tertiary/aromatic N) is 2. The molecule has 1 N–H and O–H groups in total. The van der Waals surface area contributed by atoms with Crippen molar-refractivity contribution in [3.05, 3.63) is 58.8 Å². The van der Waals surface area contributed by atoms with Gasteiger partial charge < -0.3 is 4.74 Å². The SMILES string of the molecule is O=C(COc1cc(Cl)ccc1Cl)Nn1cnc2ccccc21. The third kappa shape index (κ3) is 3.16. The number of nitrogens with one attached hydrogen (secondary N) is 1. The van der Waals surface area contributed by atoms with Crippen molar-refractivity contribution in [2.45, 2.75) is 0 Å². The molecule has 22 heavy (non-hydrogen) atoms. The van der Waals surface area contributed by atoms with Crippen molar-refractivity contribution in [2.75, 3.05) is 12.0 Å². The van der Waals surface area contributed by atoms with Gasteiger partial charge in [0.1, 0.15) is 12.1 Å². The summed E-state index contributed by atoms with van der Waals surface area (Å²) >= 11 is 11.8. The molecule has 5 nitrogen and oxygen atoms in total. The van der Waals surface area contributed by atoms with Gasteiger partial charge in [-0.3, -0.25) is 10.2 Å². The van der Waals surface area contributed by atoms with Crippen LogP contribution in [0.15, 0.2) is 48.8 Å². The van der Waals surface area contributed by atoms with Crippen LogP contribution in [-0.2, 0) is 4.79 Å². The van der Waals surface area contributed by atoms with Gasteiger partial charge in [0.2, 0.25) is 0 Å². The van der Waals surface area contributed by atoms with E-state index in [2.05, 4.69) is 10.4 Å². The molecule has 3 aromatic rings. The van der Waals surface area contributed by atoms with E-state index in [9.17, 15) is 4.79 Å². The fourth-order valence-electron chi connectivity index (χ4n) is 1.95. The van der Waals surface area contributed by atoms with E-state index in [0.717, 1.165) is 11.0 Å². The van der Waals surface area contributed by atoms with Crippen LogP contribution in [0.4, 0.5) is 0 Å². The van der Waals surface area contributed by atoms with E-state index in [0.29, 0.717) is 15.8 Å². The van der Waals surface area contributed by atoms with Crippen molar-refractivity contribution >= 4 is 40.1 Å². The lowest BCUT2D eigenvalue weighted by Gasteiger charge is -2.10. The molecule has 2 aromatic carbocycles. The summed E-state index contributed by atoms with van der Waals surface area (Å²) in [4.78, 5) is 16.1. The highest BCUT2D eigenvalue weighted by molar-refractivity contribution is 6.34. The van der Waals surface area contributed by atoms with Gasteiger partial charge in [-0.05, 0) is 24.3 Å². The second-order valence-electron chi connectivity index (χ2n) is 4.50. The van der Waals surface area contributed by atoms with Crippen LogP contribution < -0.4 is 10.2 Å². The van der Waals surface area contributed by atoms with Crippen molar-refractivity contribution in [3.63, 3.8) is 0 Å². The zero-order valence-corrected chi connectivity index (χ0v) is 12.8. The van der Waals surface area contributed by atoms with Crippen LogP contribution in [0, 0.1) is 0 Å². The summed E-state index contributed by atoms with van der Waals surface area (Å²) in [5, 5.41) is 0.880. The highest BCUT2D eigenvalue weighted by Crippen LogP contribution is 2.27. The maximum Gasteiger partial charge on any atom is 0.276 e. The fraction of sp³-hybridized carbons (Fsp3) is 0.0667. The van der Waals surface area contributed by atoms with Gasteiger partial charge in [-0.1, -0.05) is 35.3 Å². The molecule has 0 spiro atoms. The minimum absolute atomic E-state index is 0.188. The van der Waals surface area contributed by atoms with Crippen LogP contribution in [0.3, 0.4) is 0 Å². The van der Waals surface area contributed by atoms with E-state index >= 15 is 0 Å². The Morgan fingerprint density at radius 2 is 2.05 bits per heavy atom. The number of imidazole rings is 1. The molecule has 7 heteroatoms. The van der Waals surface area contributed by atoms with E-state index in [-0.39, 0.29) is 12.5 Å². The number of carbonyl (C=O) groups is 1. The normalized spacial score (nSPS) is 10.6. The first-order valence-corrected chi connectivity index (χ1v) is 7.19. The van der Waals surface area contributed by atoms with Gasteiger partial charge in [0.25, 0.3) is 5.91 Å². The number of halogens is 2. The van der Waals surface area contributed by atoms with E-state index < -0.39 is 0 Å². The number of aromatic nitrogens is 2. The molecule has 112 valence electrons. The largest absolute Gasteiger partial charge is 0.482 e. The first kappa shape index (κ1) is 14.7. The van der Waals surface area contributed by atoms with Crippen LogP contribution in [0.5, 0.6) is 5.75 Å². The van der Waals surface area contributed by atoms with Crippen molar-refractivity contribution < 1.29 is 9.53 Å². The summed E-state index contributed by atoms with van der Waals surface area (Å²) < 4.78 is 6.92. The molecule has 0 radical (unpaired) electrons. The molecule has 1 heterocycles. The van der Waals surface area contributed by atoms with Crippen molar-refractivity contribution in [1.82, 2.24) is 9.66 Å². The van der Waals surface area contributed by atoms with Crippen molar-refractivity contribution in [1.29, 1.82) is 0 Å². The Morgan fingerprint density at radius 1 is 1.23 bits per heavy atom. The molecule has 0 aliphatic carbocycles. The molecule has 0 aliphatic heterocycles. The Bertz CT molecular complexity index is 833. The summed E-state index contributed by atoms with van der Waals surface area (Å²) in [6.45, 7) is -0.188. The van der Waals surface area contributed by atoms with E-state index in [1.807, 2.05) is 24.3 Å². The molecule has 0 fully saturated rings. The van der Waals surface area contributed by atoms with E-state index in [1.54, 1.807) is 22.9 Å². The van der Waals surface area contributed by atoms with Crippen molar-refractivity contribution in [2.24, 2.45) is 0 Å². The molecule has 1 aromatic heterocycles. The van der Waals surface area contributed by atoms with Gasteiger partial charge in [0.15, 0.2) is 6.61 Å². The summed E-state index contributed by atoms with van der Waals surface area (Å²) in [6, 6.07) is 12.3. The summed E-state index contributed by atoms with van der Waals surface area (Å²) in [5.41, 5.74) is 4.28. The molecule has 0 saturated heterocycles. The van der Waals surface area contributed by atoms with Crippen molar-refractivity contribution in [3.8, 4) is 5.75 Å². The Balaban J connectivity index is 1.67. The predicted octanol–water partition coefficient (Wildman–Crippen LogP) is 3.49. The van der Waals surface area contributed by atoms with Gasteiger partial charge >= 0.3 is 0 Å². The second kappa shape index (κ2) is 6.25. The zero-order chi connectivity index (χ0) is 15.5. The lowest BCUT2D eigenvalue weighted by molar-refractivity contribution is -0.119. The maximum absolute atomic E-state index is 12.0. The summed E-state index contributed by atoms with van der Waals surface area (Å²) in [7, 11) is 0. The molecule has 0 atom stereocenters. The van der Waals surface area contributed by atoms with Crippen LogP contribution in [0.2, 0.25) is 10.0 Å². The first-order valence-electron chi connectivity index (χ1n) is 6.43. The second-order valence-corrected chi connectivity index (χ2v) is 5.35. The number of benzene rings is 2. The third-order valence-corrected chi connectivity index (χ3v) is 3.50. The lowest BCUT2D eigenvalue weighted by atomic mass is 10.3. The lowest BCUT2D eigenvalue weighted by Crippen LogP contribution is -2.27. The monoisotopic (exact) mass is 335 g/mol. The summed E-state index contributed by atoms with van der Waals surface area (Å²) in [5.74, 6) is 0.0269. The Morgan fingerprint density at radius 3 is 2.91 bits per heavy atom. The number of carbonyl (C=O) groups excluding carboxylic acids is 1. The topological polar surface area (TPSA) is 56.1 Å². The molecule has 0 saturated carbocycles. The smallest absolute Gasteiger partial charge is 0.276 e. The van der Waals surface area contributed by atoms with Crippen LogP contribution in [0.1, 0.15) is 0 Å². The zero-order valence-electron chi connectivity index (χ0n) is 11.3. The minimum atomic E-state index is -0.334. The Labute approximate surface area is 136 Å². The van der Waals surface area contributed by atoms with Crippen LogP contribution >= 0.6 is 23.2 Å². The molecular formula is C15H11Cl2N3O2. The van der Waals surface area contributed by atoms with E-state index in [4.69, 9.17) is 27.9 Å². The molecule has 0 bridgehead atoms. The molecule has 3 rings (SSSR count). The van der Waals surface area contributed by atoms with Gasteiger partial charge in [-0.25, -0.2) is 9.66 Å². The number of ether oxygens (including phenoxy) is 1. The fourth-order valence-corrected chi connectivity index (χ4v) is 2.28. The first-order chi connectivity index (χ1) is 10.6. The van der Waals surface area contributed by atoms with Gasteiger partial charge in [-0.15, -0.1) is 0 Å². The third-order valence-electron chi connectivity index (χ3n) is 2.95. The van der Waals surface area contributed by atoms with Crippen LogP contribution in [-0.4, -0.2) is 22.2 Å². The predicted molar refractivity (Wildman–Crippen MR) is 86.1 cm³/mol. The average Bonchev–Trinajstić information content (AvgIpc) is 2.91. The molecule has 0 unspecified atom stereocenters. The number of rotatable bonds is 4. The number of hydrogen-bond acceptors (Lipinski definition) is 3. The average molecular weight is 336 g/mol. The standard InChI is InChI=1S/C15H11Cl2N3O2/c16-10-5-6-11(17)14(7-10)22-8-15(21)19-20-9-18-12-3-1-2-4-13(12)20/h1-7,9H,8H2,(H,19,21). The number of amides is 1. The van der Waals surface area contributed by atoms with Gasteiger partial charge in [0.05, 0.1) is 16.1 Å². The Hall–Kier alpha value is -2.24. The summed E-state index contributed by atoms with van der Waals surface area (Å²) in [6.07, 6.45) is 1.54. The van der Waals surface area contributed by atoms with Gasteiger partial charge in [-0.2, -0.15) is 0 Å². The highest BCUT2D eigenvalue weighted by atomic mass is 35.5. The maximum atomic E-state index is 12.0. The number of para-hydroxylation sites is 2. The van der Waals surface area contributed by atoms with E-state index in [1.165, 1.54) is 6.33 Å². The number of fused-ring (bicyclic) bond motifs is 1. The Kier molecular flexibility index (Phi) is 4.18. The van der Waals surface area contributed by atoms with Gasteiger partial charge in [0, 0.05) is 11.1 Å². The highest BCUT2D eigenvalue weighted by Gasteiger charge is 2.09. The molecular weight excluding hydrogens is 325 g/mol. The molecule has 0 aliphatic rings. The quantitative estimate of drug-likeness (QED) is 0.793. The minimum Gasteiger partial charge on any atom is -0.482 e. The van der Waals surface area contributed by atoms with Crippen LogP contribution in [0.25, 0.3) is 11.0 Å². The molecule has 1 amide bonds.